The van der Waals surface area contributed by atoms with Crippen molar-refractivity contribution in [2.75, 3.05) is 0 Å². The number of tetrazole rings is 1. The van der Waals surface area contributed by atoms with Crippen molar-refractivity contribution in [3.05, 3.63) is 71.3 Å². The van der Waals surface area contributed by atoms with Crippen molar-refractivity contribution in [3.8, 4) is 11.4 Å². The van der Waals surface area contributed by atoms with Crippen molar-refractivity contribution >= 4 is 23.4 Å². The molecule has 4 aromatic rings. The van der Waals surface area contributed by atoms with Gasteiger partial charge in [0.2, 0.25) is 0 Å². The number of hydrogen-bond donors (Lipinski definition) is 0. The lowest BCUT2D eigenvalue weighted by Crippen LogP contribution is -2.01. The first kappa shape index (κ1) is 17.5. The average molecular weight is 401 g/mol. The molecule has 4 rings (SSSR count). The zero-order valence-corrected chi connectivity index (χ0v) is 15.5. The normalized spacial score (nSPS) is 10.9. The molecule has 0 saturated heterocycles. The Hall–Kier alpha value is -2.91. The quantitative estimate of drug-likeness (QED) is 0.435. The van der Waals surface area contributed by atoms with Crippen LogP contribution < -0.4 is 4.74 Å². The van der Waals surface area contributed by atoms with Crippen LogP contribution in [0.1, 0.15) is 11.7 Å². The topological polar surface area (TPSA) is 91.8 Å². The van der Waals surface area contributed by atoms with Gasteiger partial charge in [0.05, 0.1) is 16.5 Å². The van der Waals surface area contributed by atoms with Gasteiger partial charge in [-0.15, -0.1) is 15.3 Å². The summed E-state index contributed by atoms with van der Waals surface area (Å²) in [7, 11) is 0. The molecular formula is C17H13ClN6O2S. The molecule has 0 unspecified atom stereocenters. The molecule has 0 aliphatic rings. The van der Waals surface area contributed by atoms with Crippen LogP contribution in [-0.4, -0.2) is 30.4 Å². The van der Waals surface area contributed by atoms with Crippen LogP contribution >= 0.6 is 23.4 Å². The van der Waals surface area contributed by atoms with E-state index in [1.165, 1.54) is 11.8 Å². The molecular weight excluding hydrogens is 388 g/mol. The Morgan fingerprint density at radius 3 is 2.67 bits per heavy atom. The van der Waals surface area contributed by atoms with E-state index in [4.69, 9.17) is 20.8 Å². The Labute approximate surface area is 163 Å². The molecule has 0 amide bonds. The summed E-state index contributed by atoms with van der Waals surface area (Å²) in [5.74, 6) is 2.08. The first-order valence-corrected chi connectivity index (χ1v) is 9.31. The fourth-order valence-electron chi connectivity index (χ4n) is 2.25. The molecule has 8 nitrogen and oxygen atoms in total. The zero-order valence-electron chi connectivity index (χ0n) is 13.9. The van der Waals surface area contributed by atoms with Gasteiger partial charge < -0.3 is 9.15 Å². The van der Waals surface area contributed by atoms with Crippen LogP contribution in [-0.2, 0) is 12.4 Å². The highest BCUT2D eigenvalue weighted by molar-refractivity contribution is 7.98. The van der Waals surface area contributed by atoms with E-state index in [-0.39, 0.29) is 6.61 Å². The first-order chi connectivity index (χ1) is 13.3. The number of hydrogen-bond acceptors (Lipinski definition) is 8. The van der Waals surface area contributed by atoms with Crippen molar-refractivity contribution in [2.24, 2.45) is 0 Å². The molecule has 0 radical (unpaired) electrons. The van der Waals surface area contributed by atoms with Crippen molar-refractivity contribution < 1.29 is 9.15 Å². The summed E-state index contributed by atoms with van der Waals surface area (Å²) < 4.78 is 12.8. The van der Waals surface area contributed by atoms with Gasteiger partial charge in [-0.3, -0.25) is 0 Å². The third kappa shape index (κ3) is 4.26. The van der Waals surface area contributed by atoms with Crippen LogP contribution in [0.2, 0.25) is 5.02 Å². The standard InChI is InChI=1S/C17H13ClN6O2S/c18-13-8-4-5-9-14(13)25-10-16-20-21-17(26-16)27-11-15-19-22-23-24(15)12-6-2-1-3-7-12/h1-9H,10-11H2. The predicted octanol–water partition coefficient (Wildman–Crippen LogP) is 3.57. The summed E-state index contributed by atoms with van der Waals surface area (Å²) in [4.78, 5) is 0. The van der Waals surface area contributed by atoms with Crippen LogP contribution in [0.25, 0.3) is 5.69 Å². The van der Waals surface area contributed by atoms with E-state index in [0.29, 0.717) is 33.5 Å². The summed E-state index contributed by atoms with van der Waals surface area (Å²) in [6, 6.07) is 16.9. The van der Waals surface area contributed by atoms with Gasteiger partial charge in [-0.2, -0.15) is 4.68 Å². The summed E-state index contributed by atoms with van der Waals surface area (Å²) in [6.45, 7) is 0.138. The van der Waals surface area contributed by atoms with E-state index in [1.54, 1.807) is 16.8 Å². The highest BCUT2D eigenvalue weighted by Gasteiger charge is 2.13. The van der Waals surface area contributed by atoms with Gasteiger partial charge in [-0.05, 0) is 34.7 Å². The van der Waals surface area contributed by atoms with E-state index in [2.05, 4.69) is 25.7 Å². The average Bonchev–Trinajstić information content (AvgIpc) is 3.36. The molecule has 2 aromatic carbocycles. The number of ether oxygens (including phenoxy) is 1. The molecule has 10 heteroatoms. The summed E-state index contributed by atoms with van der Waals surface area (Å²) >= 11 is 7.40. The lowest BCUT2D eigenvalue weighted by molar-refractivity contribution is 0.252. The maximum absolute atomic E-state index is 6.05. The number of aromatic nitrogens is 6. The summed E-state index contributed by atoms with van der Waals surface area (Å²) in [5.41, 5.74) is 0.887. The first-order valence-electron chi connectivity index (χ1n) is 7.95. The third-order valence-corrected chi connectivity index (χ3v) is 4.62. The Bertz CT molecular complexity index is 1020. The predicted molar refractivity (Wildman–Crippen MR) is 98.8 cm³/mol. The van der Waals surface area contributed by atoms with Gasteiger partial charge in [0.25, 0.3) is 11.1 Å². The number of halogens is 1. The second-order valence-electron chi connectivity index (χ2n) is 5.31. The molecule has 0 aliphatic carbocycles. The maximum atomic E-state index is 6.05. The van der Waals surface area contributed by atoms with Gasteiger partial charge in [-0.25, -0.2) is 0 Å². The van der Waals surface area contributed by atoms with Crippen molar-refractivity contribution in [3.63, 3.8) is 0 Å². The molecule has 0 spiro atoms. The highest BCUT2D eigenvalue weighted by atomic mass is 35.5. The van der Waals surface area contributed by atoms with E-state index in [0.717, 1.165) is 5.69 Å². The summed E-state index contributed by atoms with van der Waals surface area (Å²) in [5, 5.41) is 20.7. The SMILES string of the molecule is Clc1ccccc1OCc1nnc(SCc2nnnn2-c2ccccc2)o1. The number of nitrogens with zero attached hydrogens (tertiary/aromatic N) is 6. The van der Waals surface area contributed by atoms with Crippen LogP contribution in [0.3, 0.4) is 0 Å². The van der Waals surface area contributed by atoms with E-state index in [1.807, 2.05) is 42.5 Å². The molecule has 0 aliphatic heterocycles. The third-order valence-electron chi connectivity index (χ3n) is 3.50. The van der Waals surface area contributed by atoms with E-state index in [9.17, 15) is 0 Å². The minimum Gasteiger partial charge on any atom is -0.482 e. The molecule has 2 aromatic heterocycles. The number of benzene rings is 2. The number of thioether (sulfide) groups is 1. The minimum absolute atomic E-state index is 0.138. The second kappa shape index (κ2) is 8.19. The molecule has 0 atom stereocenters. The van der Waals surface area contributed by atoms with E-state index < -0.39 is 0 Å². The number of rotatable bonds is 7. The Morgan fingerprint density at radius 1 is 1.00 bits per heavy atom. The smallest absolute Gasteiger partial charge is 0.277 e. The zero-order chi connectivity index (χ0) is 18.5. The van der Waals surface area contributed by atoms with Crippen LogP contribution in [0, 0.1) is 0 Å². The van der Waals surface area contributed by atoms with Gasteiger partial charge in [0.1, 0.15) is 5.75 Å². The highest BCUT2D eigenvalue weighted by Crippen LogP contribution is 2.25. The van der Waals surface area contributed by atoms with Crippen molar-refractivity contribution in [2.45, 2.75) is 17.6 Å². The molecule has 0 saturated carbocycles. The van der Waals surface area contributed by atoms with Crippen molar-refractivity contribution in [1.82, 2.24) is 30.4 Å². The van der Waals surface area contributed by atoms with Gasteiger partial charge in [-0.1, -0.05) is 53.7 Å². The molecule has 0 bridgehead atoms. The Morgan fingerprint density at radius 2 is 1.81 bits per heavy atom. The fraction of sp³-hybridized carbons (Fsp3) is 0.118. The van der Waals surface area contributed by atoms with Crippen LogP contribution in [0.4, 0.5) is 0 Å². The lowest BCUT2D eigenvalue weighted by atomic mass is 10.3. The fourth-order valence-corrected chi connectivity index (χ4v) is 3.12. The Kier molecular flexibility index (Phi) is 5.31. The van der Waals surface area contributed by atoms with Gasteiger partial charge in [0.15, 0.2) is 12.4 Å². The summed E-state index contributed by atoms with van der Waals surface area (Å²) in [6.07, 6.45) is 0. The van der Waals surface area contributed by atoms with Gasteiger partial charge >= 0.3 is 0 Å². The minimum atomic E-state index is 0.138. The maximum Gasteiger partial charge on any atom is 0.277 e. The van der Waals surface area contributed by atoms with E-state index >= 15 is 0 Å². The monoisotopic (exact) mass is 400 g/mol. The molecule has 27 heavy (non-hydrogen) atoms. The molecule has 0 N–H and O–H groups in total. The van der Waals surface area contributed by atoms with Crippen LogP contribution in [0.5, 0.6) is 5.75 Å². The lowest BCUT2D eigenvalue weighted by Gasteiger charge is -2.04. The molecule has 0 fully saturated rings. The number of para-hydroxylation sites is 2. The van der Waals surface area contributed by atoms with Crippen molar-refractivity contribution in [1.29, 1.82) is 0 Å². The van der Waals surface area contributed by atoms with Crippen LogP contribution in [0.15, 0.2) is 64.2 Å². The largest absolute Gasteiger partial charge is 0.482 e. The Balaban J connectivity index is 1.37. The molecule has 2 heterocycles. The van der Waals surface area contributed by atoms with Gasteiger partial charge in [0, 0.05) is 0 Å². The second-order valence-corrected chi connectivity index (χ2v) is 6.65. The molecule has 136 valence electrons.